The maximum Gasteiger partial charge on any atom is 0.307 e. The van der Waals surface area contributed by atoms with Crippen LogP contribution in [0.15, 0.2) is 24.3 Å². The smallest absolute Gasteiger partial charge is 0.307 e. The van der Waals surface area contributed by atoms with E-state index >= 15 is 0 Å². The number of carbonyl (C=O) groups is 1. The molecule has 0 aliphatic rings. The molecule has 0 spiro atoms. The maximum atomic E-state index is 11.2. The van der Waals surface area contributed by atoms with Crippen molar-refractivity contribution in [2.75, 3.05) is 13.6 Å². The van der Waals surface area contributed by atoms with Crippen LogP contribution in [-0.2, 0) is 16.1 Å². The average molecular weight is 207 g/mol. The first-order chi connectivity index (χ1) is 7.22. The molecule has 0 aromatic heterocycles. The lowest BCUT2D eigenvalue weighted by molar-refractivity contribution is -0.144. The summed E-state index contributed by atoms with van der Waals surface area (Å²) in [5.74, 6) is -0.161. The summed E-state index contributed by atoms with van der Waals surface area (Å²) in [5.41, 5.74) is 2.21. The van der Waals surface area contributed by atoms with Crippen LogP contribution < -0.4 is 5.32 Å². The summed E-state index contributed by atoms with van der Waals surface area (Å²) >= 11 is 0. The largest absolute Gasteiger partial charge is 0.461 e. The molecular weight excluding hydrogens is 190 g/mol. The lowest BCUT2D eigenvalue weighted by Crippen LogP contribution is -2.14. The van der Waals surface area contributed by atoms with Crippen LogP contribution in [0.1, 0.15) is 17.5 Å². The van der Waals surface area contributed by atoms with Gasteiger partial charge in [0, 0.05) is 6.54 Å². The number of benzene rings is 1. The standard InChI is InChI=1S/C12H17NO2/c1-10-4-3-5-11(8-10)9-15-12(14)6-7-13-2/h3-5,8,13H,6-7,9H2,1-2H3. The van der Waals surface area contributed by atoms with Crippen molar-refractivity contribution < 1.29 is 9.53 Å². The van der Waals surface area contributed by atoms with Crippen molar-refractivity contribution in [2.45, 2.75) is 20.0 Å². The van der Waals surface area contributed by atoms with E-state index < -0.39 is 0 Å². The molecule has 0 saturated heterocycles. The summed E-state index contributed by atoms with van der Waals surface area (Å²) in [4.78, 5) is 11.2. The van der Waals surface area contributed by atoms with Gasteiger partial charge in [-0.2, -0.15) is 0 Å². The Kier molecular flexibility index (Phi) is 4.84. The second-order valence-corrected chi connectivity index (χ2v) is 3.50. The number of hydrogen-bond acceptors (Lipinski definition) is 3. The molecule has 0 unspecified atom stereocenters. The zero-order valence-corrected chi connectivity index (χ0v) is 9.25. The van der Waals surface area contributed by atoms with E-state index in [4.69, 9.17) is 4.74 Å². The predicted molar refractivity (Wildman–Crippen MR) is 59.5 cm³/mol. The summed E-state index contributed by atoms with van der Waals surface area (Å²) in [6, 6.07) is 7.96. The van der Waals surface area contributed by atoms with Gasteiger partial charge in [-0.05, 0) is 19.5 Å². The number of aryl methyl sites for hydroxylation is 1. The van der Waals surface area contributed by atoms with Gasteiger partial charge in [0.25, 0.3) is 0 Å². The lowest BCUT2D eigenvalue weighted by atomic mass is 10.1. The number of ether oxygens (including phenoxy) is 1. The third kappa shape index (κ3) is 4.61. The minimum absolute atomic E-state index is 0.161. The number of esters is 1. The Bertz CT molecular complexity index is 323. The predicted octanol–water partition coefficient (Wildman–Crippen LogP) is 1.65. The van der Waals surface area contributed by atoms with Gasteiger partial charge in [0.15, 0.2) is 0 Å². The van der Waals surface area contributed by atoms with Crippen molar-refractivity contribution >= 4 is 5.97 Å². The van der Waals surface area contributed by atoms with Crippen LogP contribution >= 0.6 is 0 Å². The summed E-state index contributed by atoms with van der Waals surface area (Å²) in [7, 11) is 1.81. The Morgan fingerprint density at radius 2 is 2.27 bits per heavy atom. The van der Waals surface area contributed by atoms with E-state index in [2.05, 4.69) is 5.32 Å². The van der Waals surface area contributed by atoms with Gasteiger partial charge in [0.05, 0.1) is 6.42 Å². The molecular formula is C12H17NO2. The molecule has 0 amide bonds. The van der Waals surface area contributed by atoms with E-state index in [1.807, 2.05) is 38.2 Å². The second kappa shape index (κ2) is 6.19. The highest BCUT2D eigenvalue weighted by molar-refractivity contribution is 5.69. The Balaban J connectivity index is 2.33. The van der Waals surface area contributed by atoms with E-state index in [9.17, 15) is 4.79 Å². The molecule has 0 saturated carbocycles. The Hall–Kier alpha value is -1.35. The molecule has 3 nitrogen and oxygen atoms in total. The quantitative estimate of drug-likeness (QED) is 0.746. The van der Waals surface area contributed by atoms with Crippen LogP contribution in [0, 0.1) is 6.92 Å². The fourth-order valence-corrected chi connectivity index (χ4v) is 1.26. The highest BCUT2D eigenvalue weighted by Crippen LogP contribution is 2.05. The molecule has 0 aliphatic carbocycles. The molecule has 1 rings (SSSR count). The maximum absolute atomic E-state index is 11.2. The van der Waals surface area contributed by atoms with E-state index in [0.29, 0.717) is 19.6 Å². The monoisotopic (exact) mass is 207 g/mol. The molecule has 0 heterocycles. The van der Waals surface area contributed by atoms with Crippen molar-refractivity contribution in [3.05, 3.63) is 35.4 Å². The molecule has 15 heavy (non-hydrogen) atoms. The minimum atomic E-state index is -0.161. The molecule has 0 radical (unpaired) electrons. The molecule has 0 bridgehead atoms. The van der Waals surface area contributed by atoms with Crippen LogP contribution in [0.3, 0.4) is 0 Å². The van der Waals surface area contributed by atoms with Gasteiger partial charge >= 0.3 is 5.97 Å². The topological polar surface area (TPSA) is 38.3 Å². The van der Waals surface area contributed by atoms with Gasteiger partial charge in [-0.15, -0.1) is 0 Å². The fraction of sp³-hybridized carbons (Fsp3) is 0.417. The van der Waals surface area contributed by atoms with E-state index in [1.165, 1.54) is 5.56 Å². The highest BCUT2D eigenvalue weighted by Gasteiger charge is 2.02. The molecule has 1 N–H and O–H groups in total. The first-order valence-electron chi connectivity index (χ1n) is 5.08. The molecule has 0 fully saturated rings. The van der Waals surface area contributed by atoms with Crippen LogP contribution in [-0.4, -0.2) is 19.6 Å². The average Bonchev–Trinajstić information content (AvgIpc) is 2.23. The van der Waals surface area contributed by atoms with Crippen LogP contribution in [0.25, 0.3) is 0 Å². The van der Waals surface area contributed by atoms with E-state index in [-0.39, 0.29) is 5.97 Å². The highest BCUT2D eigenvalue weighted by atomic mass is 16.5. The van der Waals surface area contributed by atoms with Crippen LogP contribution in [0.2, 0.25) is 0 Å². The first kappa shape index (κ1) is 11.7. The lowest BCUT2D eigenvalue weighted by Gasteiger charge is -2.05. The third-order valence-electron chi connectivity index (χ3n) is 2.06. The van der Waals surface area contributed by atoms with Gasteiger partial charge in [-0.25, -0.2) is 0 Å². The van der Waals surface area contributed by atoms with Gasteiger partial charge in [-0.3, -0.25) is 4.79 Å². The van der Waals surface area contributed by atoms with E-state index in [0.717, 1.165) is 5.56 Å². The first-order valence-corrected chi connectivity index (χ1v) is 5.08. The molecule has 82 valence electrons. The van der Waals surface area contributed by atoms with Gasteiger partial charge in [0.1, 0.15) is 6.61 Å². The number of rotatable bonds is 5. The van der Waals surface area contributed by atoms with Crippen molar-refractivity contribution in [2.24, 2.45) is 0 Å². The van der Waals surface area contributed by atoms with E-state index in [1.54, 1.807) is 0 Å². The number of hydrogen-bond donors (Lipinski definition) is 1. The van der Waals surface area contributed by atoms with Crippen molar-refractivity contribution in [3.63, 3.8) is 0 Å². The summed E-state index contributed by atoms with van der Waals surface area (Å²) < 4.78 is 5.11. The van der Waals surface area contributed by atoms with Crippen LogP contribution in [0.4, 0.5) is 0 Å². The van der Waals surface area contributed by atoms with Crippen molar-refractivity contribution in [1.29, 1.82) is 0 Å². The zero-order chi connectivity index (χ0) is 11.1. The Labute approximate surface area is 90.4 Å². The summed E-state index contributed by atoms with van der Waals surface area (Å²) in [6.45, 7) is 3.04. The molecule has 0 atom stereocenters. The summed E-state index contributed by atoms with van der Waals surface area (Å²) in [6.07, 6.45) is 0.419. The fourth-order valence-electron chi connectivity index (χ4n) is 1.26. The number of nitrogens with one attached hydrogen (secondary N) is 1. The Morgan fingerprint density at radius 1 is 1.47 bits per heavy atom. The summed E-state index contributed by atoms with van der Waals surface area (Å²) in [5, 5.41) is 2.91. The SMILES string of the molecule is CNCCC(=O)OCc1cccc(C)c1. The van der Waals surface area contributed by atoms with Crippen LogP contribution in [0.5, 0.6) is 0 Å². The Morgan fingerprint density at radius 3 is 2.93 bits per heavy atom. The van der Waals surface area contributed by atoms with Gasteiger partial charge < -0.3 is 10.1 Å². The molecule has 1 aromatic rings. The molecule has 3 heteroatoms. The minimum Gasteiger partial charge on any atom is -0.461 e. The molecule has 0 aliphatic heterocycles. The van der Waals surface area contributed by atoms with Gasteiger partial charge in [-0.1, -0.05) is 29.8 Å². The number of carbonyl (C=O) groups excluding carboxylic acids is 1. The third-order valence-corrected chi connectivity index (χ3v) is 2.06. The second-order valence-electron chi connectivity index (χ2n) is 3.50. The normalized spacial score (nSPS) is 10.0. The molecule has 1 aromatic carbocycles. The van der Waals surface area contributed by atoms with Crippen molar-refractivity contribution in [1.82, 2.24) is 5.32 Å². The zero-order valence-electron chi connectivity index (χ0n) is 9.25. The van der Waals surface area contributed by atoms with Gasteiger partial charge in [0.2, 0.25) is 0 Å². The van der Waals surface area contributed by atoms with Crippen molar-refractivity contribution in [3.8, 4) is 0 Å².